The third-order valence-corrected chi connectivity index (χ3v) is 4.95. The Kier molecular flexibility index (Phi) is 5.27. The summed E-state index contributed by atoms with van der Waals surface area (Å²) in [5.41, 5.74) is -1.63. The number of benzene rings is 1. The average molecular weight is 451 g/mol. The zero-order valence-electron chi connectivity index (χ0n) is 16.2. The van der Waals surface area contributed by atoms with Crippen molar-refractivity contribution < 1.29 is 24.2 Å². The van der Waals surface area contributed by atoms with Crippen molar-refractivity contribution in [1.29, 1.82) is 0 Å². The molecule has 3 rings (SSSR count). The lowest BCUT2D eigenvalue weighted by atomic mass is 10.0. The standard InChI is InChI=1S/C20H23BrN2O5/c1-19(2,3)28-18(26)23-11-20(4,10-15(23)17(24)25)27-16-14-9-13(21)6-5-12(14)7-8-22-16/h5-9,15H,10-11H2,1-4H3,(H,24,25). The van der Waals surface area contributed by atoms with Gasteiger partial charge in [-0.2, -0.15) is 0 Å². The molecule has 0 saturated carbocycles. The lowest BCUT2D eigenvalue weighted by molar-refractivity contribution is -0.142. The molecule has 1 aliphatic rings. The number of halogens is 1. The van der Waals surface area contributed by atoms with Gasteiger partial charge in [0.15, 0.2) is 0 Å². The quantitative estimate of drug-likeness (QED) is 0.752. The molecule has 2 aromatic rings. The predicted molar refractivity (Wildman–Crippen MR) is 107 cm³/mol. The maximum Gasteiger partial charge on any atom is 0.411 e. The topological polar surface area (TPSA) is 89.0 Å². The summed E-state index contributed by atoms with van der Waals surface area (Å²) < 4.78 is 12.4. The monoisotopic (exact) mass is 450 g/mol. The van der Waals surface area contributed by atoms with Crippen molar-refractivity contribution in [3.63, 3.8) is 0 Å². The van der Waals surface area contributed by atoms with Gasteiger partial charge in [-0.1, -0.05) is 22.0 Å². The van der Waals surface area contributed by atoms with Crippen LogP contribution in [0.3, 0.4) is 0 Å². The number of nitrogens with zero attached hydrogens (tertiary/aromatic N) is 2. The number of likely N-dealkylation sites (tertiary alicyclic amines) is 1. The molecule has 0 radical (unpaired) electrons. The lowest BCUT2D eigenvalue weighted by Gasteiger charge is -2.28. The van der Waals surface area contributed by atoms with Crippen LogP contribution in [0.1, 0.15) is 34.1 Å². The molecule has 28 heavy (non-hydrogen) atoms. The second-order valence-electron chi connectivity index (χ2n) is 8.20. The number of carboxylic acid groups (broad SMARTS) is 1. The van der Waals surface area contributed by atoms with Crippen molar-refractivity contribution in [2.45, 2.75) is 51.4 Å². The van der Waals surface area contributed by atoms with E-state index < -0.39 is 29.3 Å². The number of carbonyl (C=O) groups is 2. The molecule has 1 N–H and O–H groups in total. The Bertz CT molecular complexity index is 926. The molecule has 2 heterocycles. The maximum absolute atomic E-state index is 12.5. The molecular formula is C20H23BrN2O5. The van der Waals surface area contributed by atoms with Crippen LogP contribution < -0.4 is 4.74 Å². The number of pyridine rings is 1. The fraction of sp³-hybridized carbons (Fsp3) is 0.450. The van der Waals surface area contributed by atoms with Crippen molar-refractivity contribution in [3.05, 3.63) is 34.9 Å². The molecule has 150 valence electrons. The molecule has 1 aromatic heterocycles. The number of fused-ring (bicyclic) bond motifs is 1. The smallest absolute Gasteiger partial charge is 0.411 e. The summed E-state index contributed by atoms with van der Waals surface area (Å²) in [6, 6.07) is 6.61. The van der Waals surface area contributed by atoms with Crippen LogP contribution in [0.15, 0.2) is 34.9 Å². The third kappa shape index (κ3) is 4.38. The summed E-state index contributed by atoms with van der Waals surface area (Å²) >= 11 is 3.45. The minimum atomic E-state index is -1.09. The number of aromatic nitrogens is 1. The second-order valence-corrected chi connectivity index (χ2v) is 9.12. The molecule has 1 aliphatic heterocycles. The minimum Gasteiger partial charge on any atom is -0.480 e. The predicted octanol–water partition coefficient (Wildman–Crippen LogP) is 4.23. The Labute approximate surface area is 171 Å². The highest BCUT2D eigenvalue weighted by molar-refractivity contribution is 9.10. The van der Waals surface area contributed by atoms with Crippen molar-refractivity contribution in [2.75, 3.05) is 6.54 Å². The number of carbonyl (C=O) groups excluding carboxylic acids is 1. The van der Waals surface area contributed by atoms with Crippen LogP contribution in [0, 0.1) is 0 Å². The summed E-state index contributed by atoms with van der Waals surface area (Å²) in [6.45, 7) is 7.09. The first-order chi connectivity index (χ1) is 13.0. The summed E-state index contributed by atoms with van der Waals surface area (Å²) in [4.78, 5) is 29.8. The molecule has 1 aromatic carbocycles. The Balaban J connectivity index is 1.89. The highest BCUT2D eigenvalue weighted by Gasteiger charge is 2.49. The first kappa shape index (κ1) is 20.4. The van der Waals surface area contributed by atoms with Crippen molar-refractivity contribution in [3.8, 4) is 5.88 Å². The number of ether oxygens (including phenoxy) is 2. The Hall–Kier alpha value is -2.35. The van der Waals surface area contributed by atoms with Crippen LogP contribution in [0.5, 0.6) is 5.88 Å². The number of rotatable bonds is 3. The van der Waals surface area contributed by atoms with Crippen LogP contribution in [-0.4, -0.2) is 50.8 Å². The van der Waals surface area contributed by atoms with Gasteiger partial charge in [0.1, 0.15) is 17.2 Å². The molecule has 1 amide bonds. The second kappa shape index (κ2) is 7.24. The van der Waals surface area contributed by atoms with Crippen LogP contribution in [-0.2, 0) is 9.53 Å². The fourth-order valence-corrected chi connectivity index (χ4v) is 3.65. The van der Waals surface area contributed by atoms with E-state index in [1.165, 1.54) is 4.90 Å². The Morgan fingerprint density at radius 2 is 2.04 bits per heavy atom. The molecular weight excluding hydrogens is 428 g/mol. The number of amides is 1. The van der Waals surface area contributed by atoms with Crippen molar-refractivity contribution >= 4 is 38.8 Å². The van der Waals surface area contributed by atoms with E-state index in [-0.39, 0.29) is 13.0 Å². The van der Waals surface area contributed by atoms with Crippen LogP contribution in [0.25, 0.3) is 10.8 Å². The number of hydrogen-bond acceptors (Lipinski definition) is 5. The van der Waals surface area contributed by atoms with Gasteiger partial charge in [-0.25, -0.2) is 14.6 Å². The first-order valence-electron chi connectivity index (χ1n) is 8.93. The number of aliphatic carboxylic acids is 1. The summed E-state index contributed by atoms with van der Waals surface area (Å²) in [7, 11) is 0. The van der Waals surface area contributed by atoms with Gasteiger partial charge >= 0.3 is 12.1 Å². The average Bonchev–Trinajstić information content (AvgIpc) is 2.92. The van der Waals surface area contributed by atoms with Gasteiger partial charge in [0, 0.05) is 22.5 Å². The molecule has 1 fully saturated rings. The van der Waals surface area contributed by atoms with E-state index in [0.717, 1.165) is 15.2 Å². The van der Waals surface area contributed by atoms with Gasteiger partial charge in [-0.3, -0.25) is 4.90 Å². The van der Waals surface area contributed by atoms with E-state index in [2.05, 4.69) is 20.9 Å². The number of carboxylic acids is 1. The van der Waals surface area contributed by atoms with Gasteiger partial charge in [0.2, 0.25) is 5.88 Å². The molecule has 1 saturated heterocycles. The van der Waals surface area contributed by atoms with Crippen molar-refractivity contribution in [2.24, 2.45) is 0 Å². The van der Waals surface area contributed by atoms with Crippen LogP contribution >= 0.6 is 15.9 Å². The van der Waals surface area contributed by atoms with Gasteiger partial charge in [0.05, 0.1) is 6.54 Å². The molecule has 8 heteroatoms. The largest absolute Gasteiger partial charge is 0.480 e. The number of hydrogen-bond donors (Lipinski definition) is 1. The minimum absolute atomic E-state index is 0.0882. The maximum atomic E-state index is 12.5. The zero-order chi connectivity index (χ0) is 20.7. The molecule has 2 atom stereocenters. The van der Waals surface area contributed by atoms with Gasteiger partial charge in [-0.15, -0.1) is 0 Å². The molecule has 0 bridgehead atoms. The molecule has 2 unspecified atom stereocenters. The van der Waals surface area contributed by atoms with Crippen LogP contribution in [0.2, 0.25) is 0 Å². The van der Waals surface area contributed by atoms with Gasteiger partial charge in [0.25, 0.3) is 0 Å². The first-order valence-corrected chi connectivity index (χ1v) is 9.72. The Morgan fingerprint density at radius 3 is 2.68 bits per heavy atom. The summed E-state index contributed by atoms with van der Waals surface area (Å²) in [5, 5.41) is 11.4. The zero-order valence-corrected chi connectivity index (χ0v) is 17.8. The van der Waals surface area contributed by atoms with Gasteiger partial charge < -0.3 is 14.6 Å². The third-order valence-electron chi connectivity index (χ3n) is 4.45. The van der Waals surface area contributed by atoms with E-state index in [9.17, 15) is 14.7 Å². The fourth-order valence-electron chi connectivity index (χ4n) is 3.29. The van der Waals surface area contributed by atoms with E-state index in [1.54, 1.807) is 33.9 Å². The summed E-state index contributed by atoms with van der Waals surface area (Å²) in [6.07, 6.45) is 1.11. The lowest BCUT2D eigenvalue weighted by Crippen LogP contribution is -2.44. The Morgan fingerprint density at radius 1 is 1.32 bits per heavy atom. The molecule has 7 nitrogen and oxygen atoms in total. The highest BCUT2D eigenvalue weighted by Crippen LogP contribution is 2.35. The van der Waals surface area contributed by atoms with E-state index in [1.807, 2.05) is 24.3 Å². The normalized spacial score (nSPS) is 22.3. The molecule has 0 aliphatic carbocycles. The van der Waals surface area contributed by atoms with Gasteiger partial charge in [-0.05, 0) is 51.3 Å². The van der Waals surface area contributed by atoms with E-state index in [0.29, 0.717) is 5.88 Å². The van der Waals surface area contributed by atoms with E-state index >= 15 is 0 Å². The SMILES string of the molecule is CC(C)(C)OC(=O)N1CC(C)(Oc2nccc3ccc(Br)cc23)CC1C(=O)O. The molecule has 0 spiro atoms. The van der Waals surface area contributed by atoms with E-state index in [4.69, 9.17) is 9.47 Å². The summed E-state index contributed by atoms with van der Waals surface area (Å²) in [5.74, 6) is -0.691. The highest BCUT2D eigenvalue weighted by atomic mass is 79.9. The van der Waals surface area contributed by atoms with Crippen molar-refractivity contribution in [1.82, 2.24) is 9.88 Å². The van der Waals surface area contributed by atoms with Crippen LogP contribution in [0.4, 0.5) is 4.79 Å².